The van der Waals surface area contributed by atoms with Crippen molar-refractivity contribution < 1.29 is 14.7 Å². The summed E-state index contributed by atoms with van der Waals surface area (Å²) in [6.45, 7) is 7.02. The van der Waals surface area contributed by atoms with E-state index < -0.39 is 5.97 Å². The van der Waals surface area contributed by atoms with Crippen LogP contribution in [0.5, 0.6) is 0 Å². The lowest BCUT2D eigenvalue weighted by Gasteiger charge is -2.13. The van der Waals surface area contributed by atoms with E-state index in [0.29, 0.717) is 12.8 Å². The second-order valence-electron chi connectivity index (χ2n) is 3.38. The monoisotopic (exact) mass is 184 g/mol. The van der Waals surface area contributed by atoms with E-state index in [1.807, 2.05) is 0 Å². The summed E-state index contributed by atoms with van der Waals surface area (Å²) in [5.74, 6) is -0.811. The molecule has 0 aromatic heterocycles. The van der Waals surface area contributed by atoms with Gasteiger partial charge in [0.1, 0.15) is 5.78 Å². The van der Waals surface area contributed by atoms with Crippen molar-refractivity contribution in [3.8, 4) is 0 Å². The van der Waals surface area contributed by atoms with Crippen LogP contribution in [-0.4, -0.2) is 16.9 Å². The maximum Gasteiger partial charge on any atom is 0.303 e. The quantitative estimate of drug-likeness (QED) is 0.642. The van der Waals surface area contributed by atoms with Gasteiger partial charge < -0.3 is 9.90 Å². The zero-order chi connectivity index (χ0) is 10.4. The highest BCUT2D eigenvalue weighted by molar-refractivity contribution is 5.75. The van der Waals surface area contributed by atoms with Gasteiger partial charge in [-0.3, -0.25) is 4.79 Å². The Kier molecular flexibility index (Phi) is 5.04. The number of rotatable bonds is 6. The molecule has 0 aliphatic rings. The van der Waals surface area contributed by atoms with Crippen molar-refractivity contribution in [2.24, 2.45) is 5.92 Å². The molecule has 0 bridgehead atoms. The topological polar surface area (TPSA) is 54.4 Å². The van der Waals surface area contributed by atoms with Gasteiger partial charge in [-0.1, -0.05) is 12.2 Å². The van der Waals surface area contributed by atoms with E-state index in [0.717, 1.165) is 5.57 Å². The van der Waals surface area contributed by atoms with Crippen molar-refractivity contribution in [2.75, 3.05) is 0 Å². The molecule has 0 rings (SSSR count). The highest BCUT2D eigenvalue weighted by Crippen LogP contribution is 2.19. The van der Waals surface area contributed by atoms with Crippen LogP contribution in [0.15, 0.2) is 12.2 Å². The fourth-order valence-electron chi connectivity index (χ4n) is 1.11. The van der Waals surface area contributed by atoms with Gasteiger partial charge in [-0.25, -0.2) is 0 Å². The Morgan fingerprint density at radius 3 is 2.23 bits per heavy atom. The molecular weight excluding hydrogens is 168 g/mol. The molecule has 0 amide bonds. The Balaban J connectivity index is 4.02. The molecule has 0 aliphatic carbocycles. The van der Waals surface area contributed by atoms with E-state index in [9.17, 15) is 9.59 Å². The van der Waals surface area contributed by atoms with Gasteiger partial charge in [0.2, 0.25) is 0 Å². The zero-order valence-electron chi connectivity index (χ0n) is 8.17. The number of carbonyl (C=O) groups excluding carboxylic acids is 1. The van der Waals surface area contributed by atoms with Gasteiger partial charge in [0.05, 0.1) is 6.42 Å². The third-order valence-corrected chi connectivity index (χ3v) is 1.96. The molecule has 3 heteroatoms. The number of carboxylic acids is 1. The molecule has 1 atom stereocenters. The molecule has 3 nitrogen and oxygen atoms in total. The molecule has 0 spiro atoms. The second-order valence-corrected chi connectivity index (χ2v) is 3.38. The van der Waals surface area contributed by atoms with Crippen LogP contribution in [0.1, 0.15) is 33.1 Å². The number of aliphatic carboxylic acids is 1. The lowest BCUT2D eigenvalue weighted by atomic mass is 9.92. The van der Waals surface area contributed by atoms with Gasteiger partial charge >= 0.3 is 5.97 Å². The normalized spacial score (nSPS) is 12.2. The van der Waals surface area contributed by atoms with Crippen LogP contribution in [0.25, 0.3) is 0 Å². The minimum absolute atomic E-state index is 0.0681. The van der Waals surface area contributed by atoms with Crippen LogP contribution < -0.4 is 0 Å². The number of Topliss-reactive ketones (excluding diaryl/α,β-unsaturated/α-hetero) is 1. The van der Waals surface area contributed by atoms with Gasteiger partial charge in [0, 0.05) is 6.42 Å². The number of carbonyl (C=O) groups is 2. The first-order valence-corrected chi connectivity index (χ1v) is 4.30. The summed E-state index contributed by atoms with van der Waals surface area (Å²) in [4.78, 5) is 21.1. The number of carboxylic acid groups (broad SMARTS) is 1. The van der Waals surface area contributed by atoms with Crippen LogP contribution in [0, 0.1) is 5.92 Å². The smallest absolute Gasteiger partial charge is 0.303 e. The van der Waals surface area contributed by atoms with Crippen LogP contribution in [-0.2, 0) is 9.59 Å². The highest BCUT2D eigenvalue weighted by Gasteiger charge is 2.14. The summed E-state index contributed by atoms with van der Waals surface area (Å²) in [5.41, 5.74) is 0.837. The molecule has 0 aromatic carbocycles. The van der Waals surface area contributed by atoms with Crippen molar-refractivity contribution in [3.63, 3.8) is 0 Å². The first-order valence-electron chi connectivity index (χ1n) is 4.30. The lowest BCUT2D eigenvalue weighted by molar-refractivity contribution is -0.138. The Morgan fingerprint density at radius 2 is 1.92 bits per heavy atom. The zero-order valence-corrected chi connectivity index (χ0v) is 8.17. The maximum atomic E-state index is 10.7. The van der Waals surface area contributed by atoms with Crippen LogP contribution in [0.3, 0.4) is 0 Å². The second kappa shape index (κ2) is 5.51. The Bertz CT molecular complexity index is 218. The molecule has 74 valence electrons. The van der Waals surface area contributed by atoms with Crippen molar-refractivity contribution >= 4 is 11.8 Å². The lowest BCUT2D eigenvalue weighted by Crippen LogP contribution is -2.10. The average Bonchev–Trinajstić information content (AvgIpc) is 1.96. The van der Waals surface area contributed by atoms with Crippen LogP contribution in [0.4, 0.5) is 0 Å². The third kappa shape index (κ3) is 6.08. The van der Waals surface area contributed by atoms with Gasteiger partial charge in [0.15, 0.2) is 0 Å². The van der Waals surface area contributed by atoms with Gasteiger partial charge in [-0.15, -0.1) is 0 Å². The van der Waals surface area contributed by atoms with Crippen LogP contribution >= 0.6 is 0 Å². The largest absolute Gasteiger partial charge is 0.481 e. The summed E-state index contributed by atoms with van der Waals surface area (Å²) in [6.07, 6.45) is 1.10. The first-order chi connectivity index (χ1) is 5.93. The Hall–Kier alpha value is -1.12. The minimum Gasteiger partial charge on any atom is -0.481 e. The first kappa shape index (κ1) is 11.9. The summed E-state index contributed by atoms with van der Waals surface area (Å²) < 4.78 is 0. The Morgan fingerprint density at radius 1 is 1.38 bits per heavy atom. The number of hydrogen-bond donors (Lipinski definition) is 1. The van der Waals surface area contributed by atoms with E-state index >= 15 is 0 Å². The van der Waals surface area contributed by atoms with E-state index in [2.05, 4.69) is 6.58 Å². The molecule has 0 fully saturated rings. The summed E-state index contributed by atoms with van der Waals surface area (Å²) >= 11 is 0. The fraction of sp³-hybridized carbons (Fsp3) is 0.600. The molecule has 13 heavy (non-hydrogen) atoms. The number of hydrogen-bond acceptors (Lipinski definition) is 2. The average molecular weight is 184 g/mol. The molecule has 0 aliphatic heterocycles. The predicted molar refractivity (Wildman–Crippen MR) is 50.5 cm³/mol. The van der Waals surface area contributed by atoms with Crippen LogP contribution in [0.2, 0.25) is 0 Å². The van der Waals surface area contributed by atoms with Crippen molar-refractivity contribution in [3.05, 3.63) is 12.2 Å². The molecule has 0 saturated carbocycles. The summed E-state index contributed by atoms with van der Waals surface area (Å²) in [7, 11) is 0. The molecule has 0 heterocycles. The highest BCUT2D eigenvalue weighted by atomic mass is 16.4. The molecule has 0 unspecified atom stereocenters. The van der Waals surface area contributed by atoms with Gasteiger partial charge in [0.25, 0.3) is 0 Å². The molecular formula is C10H16O3. The molecule has 0 saturated heterocycles. The molecule has 1 N–H and O–H groups in total. The van der Waals surface area contributed by atoms with Crippen molar-refractivity contribution in [1.82, 2.24) is 0 Å². The standard InChI is InChI=1S/C10H16O3/c1-7(2)9(6-10(12)13)5-4-8(3)11/h9H,1,4-6H2,2-3H3,(H,12,13)/t9-/m0/s1. The van der Waals surface area contributed by atoms with Crippen molar-refractivity contribution in [1.29, 1.82) is 0 Å². The minimum atomic E-state index is -0.837. The van der Waals surface area contributed by atoms with E-state index in [1.54, 1.807) is 6.92 Å². The maximum absolute atomic E-state index is 10.7. The van der Waals surface area contributed by atoms with Gasteiger partial charge in [-0.2, -0.15) is 0 Å². The number of allylic oxidation sites excluding steroid dienone is 1. The Labute approximate surface area is 78.5 Å². The number of ketones is 1. The summed E-state index contributed by atoms with van der Waals surface area (Å²) in [6, 6.07) is 0. The van der Waals surface area contributed by atoms with Gasteiger partial charge in [-0.05, 0) is 26.2 Å². The summed E-state index contributed by atoms with van der Waals surface area (Å²) in [5, 5.41) is 8.57. The van der Waals surface area contributed by atoms with Crippen molar-refractivity contribution in [2.45, 2.75) is 33.1 Å². The molecule has 0 radical (unpaired) electrons. The SMILES string of the molecule is C=C(C)[C@@H](CCC(C)=O)CC(=O)O. The third-order valence-electron chi connectivity index (χ3n) is 1.96. The van der Waals surface area contributed by atoms with E-state index in [1.165, 1.54) is 6.92 Å². The van der Waals surface area contributed by atoms with E-state index in [-0.39, 0.29) is 18.1 Å². The molecule has 0 aromatic rings. The predicted octanol–water partition coefficient (Wildman–Crippen LogP) is 2.02. The van der Waals surface area contributed by atoms with E-state index in [4.69, 9.17) is 5.11 Å². The fourth-order valence-corrected chi connectivity index (χ4v) is 1.11.